The van der Waals surface area contributed by atoms with E-state index in [9.17, 15) is 28.1 Å². The van der Waals surface area contributed by atoms with Gasteiger partial charge in [0.2, 0.25) is 11.8 Å². The van der Waals surface area contributed by atoms with Crippen molar-refractivity contribution in [1.82, 2.24) is 10.2 Å². The minimum Gasteiger partial charge on any atom is -0.495 e. The zero-order valence-corrected chi connectivity index (χ0v) is 26.0. The number of methoxy groups -OCH3 is 1. The fraction of sp³-hybridized carbons (Fsp3) is 0.333. The van der Waals surface area contributed by atoms with Crippen LogP contribution in [0.1, 0.15) is 37.8 Å². The van der Waals surface area contributed by atoms with Crippen LogP contribution in [0.4, 0.5) is 11.4 Å². The second-order valence-electron chi connectivity index (χ2n) is 9.76. The first kappa shape index (κ1) is 33.3. The van der Waals surface area contributed by atoms with Crippen molar-refractivity contribution >= 4 is 44.8 Å². The number of nitro benzene ring substituents is 1. The first-order valence-corrected chi connectivity index (χ1v) is 15.5. The van der Waals surface area contributed by atoms with E-state index >= 15 is 0 Å². The van der Waals surface area contributed by atoms with Gasteiger partial charge >= 0.3 is 0 Å². The van der Waals surface area contributed by atoms with Crippen LogP contribution in [0.15, 0.2) is 71.6 Å². The fourth-order valence-corrected chi connectivity index (χ4v) is 6.11. The first-order chi connectivity index (χ1) is 20.4. The maximum Gasteiger partial charge on any atom is 0.273 e. The molecule has 0 radical (unpaired) electrons. The molecule has 43 heavy (non-hydrogen) atoms. The summed E-state index contributed by atoms with van der Waals surface area (Å²) in [5.41, 5.74) is 0.566. The van der Waals surface area contributed by atoms with Gasteiger partial charge in [0.25, 0.3) is 15.7 Å². The van der Waals surface area contributed by atoms with Gasteiger partial charge in [0.05, 0.1) is 22.6 Å². The Labute approximate surface area is 256 Å². The van der Waals surface area contributed by atoms with Crippen LogP contribution in [0.3, 0.4) is 0 Å². The molecule has 13 heteroatoms. The van der Waals surface area contributed by atoms with Crippen molar-refractivity contribution in [2.75, 3.05) is 24.5 Å². The maximum atomic E-state index is 14.2. The van der Waals surface area contributed by atoms with Crippen LogP contribution >= 0.6 is 11.6 Å². The van der Waals surface area contributed by atoms with Crippen LogP contribution in [0.5, 0.6) is 5.75 Å². The number of hydrogen-bond acceptors (Lipinski definition) is 7. The van der Waals surface area contributed by atoms with Crippen LogP contribution in [0, 0.1) is 17.0 Å². The number of hydrogen-bond donors (Lipinski definition) is 1. The fourth-order valence-electron chi connectivity index (χ4n) is 4.51. The van der Waals surface area contributed by atoms with Crippen molar-refractivity contribution in [3.05, 3.63) is 93.0 Å². The molecule has 1 N–H and O–H groups in total. The quantitative estimate of drug-likeness (QED) is 0.193. The highest BCUT2D eigenvalue weighted by molar-refractivity contribution is 7.92. The van der Waals surface area contributed by atoms with E-state index < -0.39 is 44.0 Å². The van der Waals surface area contributed by atoms with E-state index in [1.54, 1.807) is 31.2 Å². The van der Waals surface area contributed by atoms with E-state index in [-0.39, 0.29) is 40.9 Å². The molecule has 2 amide bonds. The number of anilines is 1. The number of nitrogens with one attached hydrogen (secondary N) is 1. The summed E-state index contributed by atoms with van der Waals surface area (Å²) in [4.78, 5) is 39.2. The third kappa shape index (κ3) is 8.02. The molecular formula is C30H35ClN4O7S. The average Bonchev–Trinajstić information content (AvgIpc) is 2.98. The molecule has 3 rings (SSSR count). The number of rotatable bonds is 14. The zero-order chi connectivity index (χ0) is 31.7. The summed E-state index contributed by atoms with van der Waals surface area (Å²) in [6, 6.07) is 15.9. The van der Waals surface area contributed by atoms with Gasteiger partial charge in [-0.05, 0) is 49.6 Å². The van der Waals surface area contributed by atoms with Crippen molar-refractivity contribution in [3.8, 4) is 5.75 Å². The second-order valence-corrected chi connectivity index (χ2v) is 12.1. The monoisotopic (exact) mass is 630 g/mol. The summed E-state index contributed by atoms with van der Waals surface area (Å²) in [6.45, 7) is 4.87. The van der Waals surface area contributed by atoms with Crippen molar-refractivity contribution in [3.63, 3.8) is 0 Å². The Balaban J connectivity index is 2.17. The van der Waals surface area contributed by atoms with Gasteiger partial charge in [0.15, 0.2) is 0 Å². The molecule has 0 fully saturated rings. The number of amides is 2. The van der Waals surface area contributed by atoms with Gasteiger partial charge in [-0.3, -0.25) is 24.0 Å². The number of nitro groups is 1. The minimum absolute atomic E-state index is 0.0360. The number of nitrogens with zero attached hydrogens (tertiary/aromatic N) is 3. The highest BCUT2D eigenvalue weighted by atomic mass is 35.5. The lowest BCUT2D eigenvalue weighted by atomic mass is 10.1. The molecule has 3 aromatic rings. The van der Waals surface area contributed by atoms with Crippen molar-refractivity contribution < 1.29 is 27.7 Å². The normalized spacial score (nSPS) is 11.8. The number of benzene rings is 3. The molecule has 0 saturated carbocycles. The van der Waals surface area contributed by atoms with Crippen molar-refractivity contribution in [1.29, 1.82) is 0 Å². The summed E-state index contributed by atoms with van der Waals surface area (Å²) in [5, 5.41) is 14.6. The van der Waals surface area contributed by atoms with Gasteiger partial charge < -0.3 is 15.0 Å². The Kier molecular flexibility index (Phi) is 11.5. The van der Waals surface area contributed by atoms with Gasteiger partial charge in [-0.25, -0.2) is 8.42 Å². The van der Waals surface area contributed by atoms with Gasteiger partial charge in [-0.2, -0.15) is 0 Å². The average molecular weight is 631 g/mol. The molecule has 230 valence electrons. The number of ether oxygens (including phenoxy) is 1. The summed E-state index contributed by atoms with van der Waals surface area (Å²) in [7, 11) is -3.27. The number of carbonyl (C=O) groups excluding carboxylic acids is 2. The standard InChI is InChI=1S/C30H35ClN4O7S/c1-5-16-32-30(37)25(6-2)33(19-22-10-8-7-9-11-22)29(36)20-34(27-17-23(31)13-15-28(27)42-4)43(40,41)24-14-12-21(3)26(18-24)35(38)39/h7-15,17-18,25H,5-6,16,19-20H2,1-4H3,(H,32,37)/t25-/m1/s1. The first-order valence-electron chi connectivity index (χ1n) is 13.7. The maximum absolute atomic E-state index is 14.2. The Morgan fingerprint density at radius 1 is 1.07 bits per heavy atom. The Hall–Kier alpha value is -4.16. The Bertz CT molecular complexity index is 1570. The number of carbonyl (C=O) groups is 2. The second kappa shape index (κ2) is 14.8. The number of halogens is 1. The highest BCUT2D eigenvalue weighted by Gasteiger charge is 2.35. The van der Waals surface area contributed by atoms with E-state index in [4.69, 9.17) is 16.3 Å². The molecule has 0 saturated heterocycles. The predicted molar refractivity (Wildman–Crippen MR) is 165 cm³/mol. The van der Waals surface area contributed by atoms with Gasteiger partial charge in [-0.15, -0.1) is 0 Å². The van der Waals surface area contributed by atoms with Gasteiger partial charge in [0.1, 0.15) is 18.3 Å². The minimum atomic E-state index is -4.60. The molecule has 11 nitrogen and oxygen atoms in total. The Morgan fingerprint density at radius 3 is 2.37 bits per heavy atom. The Morgan fingerprint density at radius 2 is 1.77 bits per heavy atom. The van der Waals surface area contributed by atoms with E-state index in [0.29, 0.717) is 13.0 Å². The third-order valence-corrected chi connectivity index (χ3v) is 8.78. The molecule has 0 heterocycles. The summed E-state index contributed by atoms with van der Waals surface area (Å²) < 4.78 is 34.6. The zero-order valence-electron chi connectivity index (χ0n) is 24.4. The summed E-state index contributed by atoms with van der Waals surface area (Å²) >= 11 is 6.26. The molecule has 0 aromatic heterocycles. The summed E-state index contributed by atoms with van der Waals surface area (Å²) in [5.74, 6) is -0.933. The lowest BCUT2D eigenvalue weighted by Gasteiger charge is -2.33. The molecule has 0 unspecified atom stereocenters. The smallest absolute Gasteiger partial charge is 0.273 e. The lowest BCUT2D eigenvalue weighted by molar-refractivity contribution is -0.385. The summed E-state index contributed by atoms with van der Waals surface area (Å²) in [6.07, 6.45) is 0.962. The molecule has 3 aromatic carbocycles. The van der Waals surface area contributed by atoms with Crippen molar-refractivity contribution in [2.24, 2.45) is 0 Å². The number of sulfonamides is 1. The van der Waals surface area contributed by atoms with E-state index in [1.807, 2.05) is 13.0 Å². The molecule has 0 aliphatic rings. The van der Waals surface area contributed by atoms with E-state index in [1.165, 1.54) is 49.3 Å². The van der Waals surface area contributed by atoms with Crippen LogP contribution < -0.4 is 14.4 Å². The topological polar surface area (TPSA) is 139 Å². The highest BCUT2D eigenvalue weighted by Crippen LogP contribution is 2.36. The van der Waals surface area contributed by atoms with Crippen LogP contribution in [0.2, 0.25) is 5.02 Å². The van der Waals surface area contributed by atoms with Gasteiger partial charge in [-0.1, -0.05) is 61.8 Å². The molecule has 1 atom stereocenters. The molecule has 0 aliphatic carbocycles. The van der Waals surface area contributed by atoms with Crippen LogP contribution in [0.25, 0.3) is 0 Å². The lowest BCUT2D eigenvalue weighted by Crippen LogP contribution is -2.52. The predicted octanol–water partition coefficient (Wildman–Crippen LogP) is 5.09. The molecule has 0 aliphatic heterocycles. The molecular weight excluding hydrogens is 596 g/mol. The SMILES string of the molecule is CCCNC(=O)[C@@H](CC)N(Cc1ccccc1)C(=O)CN(c1cc(Cl)ccc1OC)S(=O)(=O)c1ccc(C)c([N+](=O)[O-])c1. The molecule has 0 bridgehead atoms. The largest absolute Gasteiger partial charge is 0.495 e. The number of aryl methyl sites for hydroxylation is 1. The molecule has 0 spiro atoms. The van der Waals surface area contributed by atoms with E-state index in [0.717, 1.165) is 15.9 Å². The van der Waals surface area contributed by atoms with Crippen molar-refractivity contribution in [2.45, 2.75) is 51.1 Å². The van der Waals surface area contributed by atoms with Crippen LogP contribution in [-0.4, -0.2) is 56.3 Å². The van der Waals surface area contributed by atoms with Gasteiger partial charge in [0, 0.05) is 29.7 Å². The van der Waals surface area contributed by atoms with E-state index in [2.05, 4.69) is 5.32 Å². The van der Waals surface area contributed by atoms with Crippen LogP contribution in [-0.2, 0) is 26.2 Å². The third-order valence-electron chi connectivity index (χ3n) is 6.78.